The number of para-hydroxylation sites is 2. The Morgan fingerprint density at radius 2 is 1.84 bits per heavy atom. The minimum Gasteiger partial charge on any atom is -0.506 e. The lowest BCUT2D eigenvalue weighted by molar-refractivity contribution is 0.472. The van der Waals surface area contributed by atoms with Gasteiger partial charge in [0.2, 0.25) is 0 Å². The molecule has 0 spiro atoms. The van der Waals surface area contributed by atoms with Crippen LogP contribution in [0.3, 0.4) is 0 Å². The number of rotatable bonds is 4. The first-order valence-corrected chi connectivity index (χ1v) is 10.7. The number of halogens is 2. The minimum absolute atomic E-state index is 0.0426. The van der Waals surface area contributed by atoms with E-state index in [1.165, 1.54) is 6.07 Å². The molecule has 2 N–H and O–H groups in total. The summed E-state index contributed by atoms with van der Waals surface area (Å²) < 4.78 is 15.7. The second-order valence-corrected chi connectivity index (χ2v) is 8.18. The van der Waals surface area contributed by atoms with Gasteiger partial charge >= 0.3 is 0 Å². The van der Waals surface area contributed by atoms with E-state index in [9.17, 15) is 9.50 Å². The quantitative estimate of drug-likeness (QED) is 0.388. The maximum atomic E-state index is 13.8. The molecule has 8 heteroatoms. The van der Waals surface area contributed by atoms with Gasteiger partial charge in [0.25, 0.3) is 0 Å². The Kier molecular flexibility index (Phi) is 5.28. The molecule has 1 fully saturated rings. The molecule has 0 aliphatic carbocycles. The second kappa shape index (κ2) is 8.26. The van der Waals surface area contributed by atoms with Gasteiger partial charge in [0.15, 0.2) is 5.11 Å². The monoisotopic (exact) mass is 464 g/mol. The molecule has 0 unspecified atom stereocenters. The molecule has 4 aromatic rings. The van der Waals surface area contributed by atoms with Crippen LogP contribution >= 0.6 is 23.8 Å². The van der Waals surface area contributed by atoms with Crippen LogP contribution in [-0.4, -0.2) is 19.8 Å². The summed E-state index contributed by atoms with van der Waals surface area (Å²) in [5, 5.41) is 14.5. The minimum atomic E-state index is -0.477. The van der Waals surface area contributed by atoms with Crippen LogP contribution in [0.15, 0.2) is 85.2 Å². The maximum Gasteiger partial charge on any atom is 0.174 e. The standard InChI is InChI=1S/C24H18ClFN4OS/c25-16-14-15(10-11-17(16)26)29-13-5-8-20(29)23-22(18-6-3-4-12-27-18)28-24(32)30(23)19-7-1-2-9-21(19)31/h1-14,22-23,31H,(H,28,32)/t22-,23+/m1/s1. The third-order valence-electron chi connectivity index (χ3n) is 5.50. The number of aromatic nitrogens is 2. The number of pyridine rings is 1. The van der Waals surface area contributed by atoms with Gasteiger partial charge in [-0.1, -0.05) is 29.8 Å². The smallest absolute Gasteiger partial charge is 0.174 e. The van der Waals surface area contributed by atoms with Crippen molar-refractivity contribution in [1.82, 2.24) is 14.9 Å². The Labute approximate surface area is 194 Å². The molecular weight excluding hydrogens is 447 g/mol. The Bertz CT molecular complexity index is 1300. The normalized spacial score (nSPS) is 18.1. The molecule has 2 atom stereocenters. The molecule has 1 saturated heterocycles. The average Bonchev–Trinajstić information content (AvgIpc) is 3.41. The summed E-state index contributed by atoms with van der Waals surface area (Å²) in [5.74, 6) is -0.360. The van der Waals surface area contributed by atoms with Crippen LogP contribution in [0.1, 0.15) is 23.5 Å². The molecule has 3 heterocycles. The van der Waals surface area contributed by atoms with Crippen molar-refractivity contribution in [3.63, 3.8) is 0 Å². The number of phenols is 1. The lowest BCUT2D eigenvalue weighted by atomic mass is 10.0. The molecule has 0 amide bonds. The van der Waals surface area contributed by atoms with E-state index in [1.54, 1.807) is 30.5 Å². The molecule has 32 heavy (non-hydrogen) atoms. The number of hydrogen-bond acceptors (Lipinski definition) is 3. The first-order chi connectivity index (χ1) is 15.5. The average molecular weight is 465 g/mol. The fourth-order valence-corrected chi connectivity index (χ4v) is 4.60. The van der Waals surface area contributed by atoms with Crippen LogP contribution in [0.25, 0.3) is 5.69 Å². The number of hydrogen-bond donors (Lipinski definition) is 2. The van der Waals surface area contributed by atoms with Gasteiger partial charge in [-0.15, -0.1) is 0 Å². The van der Waals surface area contributed by atoms with Crippen molar-refractivity contribution >= 4 is 34.6 Å². The molecule has 5 nitrogen and oxygen atoms in total. The zero-order valence-corrected chi connectivity index (χ0v) is 18.3. The second-order valence-electron chi connectivity index (χ2n) is 7.39. The van der Waals surface area contributed by atoms with Crippen LogP contribution < -0.4 is 10.2 Å². The lowest BCUT2D eigenvalue weighted by Crippen LogP contribution is -2.30. The van der Waals surface area contributed by atoms with Crippen LogP contribution in [0, 0.1) is 5.82 Å². The first-order valence-electron chi connectivity index (χ1n) is 9.96. The van der Waals surface area contributed by atoms with Gasteiger partial charge in [0, 0.05) is 23.8 Å². The zero-order chi connectivity index (χ0) is 22.2. The van der Waals surface area contributed by atoms with Crippen molar-refractivity contribution in [2.75, 3.05) is 4.90 Å². The fourth-order valence-electron chi connectivity index (χ4n) is 4.09. The van der Waals surface area contributed by atoms with Crippen LogP contribution in [0.5, 0.6) is 5.75 Å². The topological polar surface area (TPSA) is 53.3 Å². The van der Waals surface area contributed by atoms with E-state index < -0.39 is 5.82 Å². The molecule has 1 aliphatic rings. The number of benzene rings is 2. The van der Waals surface area contributed by atoms with Crippen LogP contribution in [0.4, 0.5) is 10.1 Å². The van der Waals surface area contributed by atoms with E-state index in [0.717, 1.165) is 11.4 Å². The highest BCUT2D eigenvalue weighted by Gasteiger charge is 2.42. The molecule has 0 bridgehead atoms. The number of nitrogens with zero attached hydrogens (tertiary/aromatic N) is 3. The Hall–Kier alpha value is -3.42. The summed E-state index contributed by atoms with van der Waals surface area (Å²) in [6.45, 7) is 0. The van der Waals surface area contributed by atoms with Crippen molar-refractivity contribution in [3.8, 4) is 11.4 Å². The molecule has 1 aliphatic heterocycles. The largest absolute Gasteiger partial charge is 0.506 e. The third kappa shape index (κ3) is 3.49. The third-order valence-corrected chi connectivity index (χ3v) is 6.11. The summed E-state index contributed by atoms with van der Waals surface area (Å²) in [7, 11) is 0. The van der Waals surface area contributed by atoms with E-state index in [1.807, 2.05) is 58.1 Å². The number of nitrogens with one attached hydrogen (secondary N) is 1. The summed E-state index contributed by atoms with van der Waals surface area (Å²) >= 11 is 11.8. The molecule has 0 radical (unpaired) electrons. The van der Waals surface area contributed by atoms with Gasteiger partial charge in [-0.2, -0.15) is 0 Å². The van der Waals surface area contributed by atoms with Crippen LogP contribution in [0.2, 0.25) is 5.02 Å². The maximum absolute atomic E-state index is 13.8. The molecule has 0 saturated carbocycles. The number of phenolic OH excluding ortho intramolecular Hbond substituents is 1. The predicted octanol–water partition coefficient (Wildman–Crippen LogP) is 5.55. The van der Waals surface area contributed by atoms with Crippen molar-refractivity contribution in [3.05, 3.63) is 107 Å². The Morgan fingerprint density at radius 1 is 1.03 bits per heavy atom. The van der Waals surface area contributed by atoms with Gasteiger partial charge in [-0.3, -0.25) is 4.98 Å². The molecule has 2 aromatic heterocycles. The Morgan fingerprint density at radius 3 is 2.59 bits per heavy atom. The van der Waals surface area contributed by atoms with E-state index in [4.69, 9.17) is 23.8 Å². The number of anilines is 1. The zero-order valence-electron chi connectivity index (χ0n) is 16.7. The van der Waals surface area contributed by atoms with Gasteiger partial charge in [-0.05, 0) is 66.8 Å². The highest BCUT2D eigenvalue weighted by molar-refractivity contribution is 7.80. The van der Waals surface area contributed by atoms with E-state index in [0.29, 0.717) is 16.5 Å². The van der Waals surface area contributed by atoms with Crippen molar-refractivity contribution in [2.24, 2.45) is 0 Å². The highest BCUT2D eigenvalue weighted by atomic mass is 35.5. The van der Waals surface area contributed by atoms with Gasteiger partial charge < -0.3 is 19.9 Å². The molecule has 160 valence electrons. The van der Waals surface area contributed by atoms with Gasteiger partial charge in [-0.25, -0.2) is 4.39 Å². The van der Waals surface area contributed by atoms with E-state index >= 15 is 0 Å². The number of aromatic hydroxyl groups is 1. The summed E-state index contributed by atoms with van der Waals surface area (Å²) in [5.41, 5.74) is 2.98. The number of thiocarbonyl (C=S) groups is 1. The SMILES string of the molecule is Oc1ccccc1N1C(=S)N[C@H](c2ccccn2)[C@@H]1c1cccn1-c1ccc(F)c(Cl)c1. The van der Waals surface area contributed by atoms with Crippen LogP contribution in [-0.2, 0) is 0 Å². The Balaban J connectivity index is 1.69. The van der Waals surface area contributed by atoms with Crippen molar-refractivity contribution in [1.29, 1.82) is 0 Å². The summed E-state index contributed by atoms with van der Waals surface area (Å²) in [6, 6.07) is 20.6. The molecule has 2 aromatic carbocycles. The van der Waals surface area contributed by atoms with Crippen molar-refractivity contribution in [2.45, 2.75) is 12.1 Å². The predicted molar refractivity (Wildman–Crippen MR) is 127 cm³/mol. The van der Waals surface area contributed by atoms with Gasteiger partial charge in [0.05, 0.1) is 22.4 Å². The first kappa shape index (κ1) is 20.5. The molecular formula is C24H18ClFN4OS. The van der Waals surface area contributed by atoms with E-state index in [2.05, 4.69) is 10.3 Å². The summed E-state index contributed by atoms with van der Waals surface area (Å²) in [4.78, 5) is 6.43. The van der Waals surface area contributed by atoms with Gasteiger partial charge in [0.1, 0.15) is 17.6 Å². The molecule has 5 rings (SSSR count). The lowest BCUT2D eigenvalue weighted by Gasteiger charge is -2.29. The van der Waals surface area contributed by atoms with Crippen molar-refractivity contribution < 1.29 is 9.50 Å². The fraction of sp³-hybridized carbons (Fsp3) is 0.0833. The van der Waals surface area contributed by atoms with E-state index in [-0.39, 0.29) is 22.9 Å². The summed E-state index contributed by atoms with van der Waals surface area (Å²) in [6.07, 6.45) is 3.62. The highest BCUT2D eigenvalue weighted by Crippen LogP contribution is 2.44.